The predicted molar refractivity (Wildman–Crippen MR) is 85.3 cm³/mol. The van der Waals surface area contributed by atoms with Crippen LogP contribution < -0.4 is 9.64 Å². The van der Waals surface area contributed by atoms with Gasteiger partial charge in [-0.3, -0.25) is 0 Å². The third-order valence-corrected chi connectivity index (χ3v) is 3.46. The molecule has 0 saturated heterocycles. The molecule has 4 heteroatoms. The van der Waals surface area contributed by atoms with Crippen molar-refractivity contribution < 1.29 is 9.84 Å². The molecule has 112 valence electrons. The second-order valence-corrected chi connectivity index (χ2v) is 5.30. The van der Waals surface area contributed by atoms with Crippen LogP contribution in [0, 0.1) is 0 Å². The number of ether oxygens (including phenoxy) is 1. The number of methoxy groups -OCH3 is 1. The Morgan fingerprint density at radius 1 is 1.24 bits per heavy atom. The topological polar surface area (TPSA) is 45.6 Å². The lowest BCUT2D eigenvalue weighted by Crippen LogP contribution is -2.14. The number of pyridine rings is 1. The Labute approximate surface area is 126 Å². The van der Waals surface area contributed by atoms with Crippen molar-refractivity contribution in [2.45, 2.75) is 26.4 Å². The Morgan fingerprint density at radius 3 is 2.57 bits per heavy atom. The number of rotatable bonds is 5. The van der Waals surface area contributed by atoms with E-state index in [1.165, 1.54) is 0 Å². The maximum atomic E-state index is 9.45. The molecule has 2 rings (SSSR count). The van der Waals surface area contributed by atoms with Gasteiger partial charge in [-0.25, -0.2) is 4.98 Å². The second kappa shape index (κ2) is 6.59. The highest BCUT2D eigenvalue weighted by molar-refractivity contribution is 5.66. The fraction of sp³-hybridized carbons (Fsp3) is 0.353. The average molecular weight is 286 g/mol. The summed E-state index contributed by atoms with van der Waals surface area (Å²) in [7, 11) is 3.61. The summed E-state index contributed by atoms with van der Waals surface area (Å²) in [5, 5.41) is 9.45. The number of hydrogen-bond donors (Lipinski definition) is 1. The van der Waals surface area contributed by atoms with Gasteiger partial charge in [0.25, 0.3) is 0 Å². The van der Waals surface area contributed by atoms with Gasteiger partial charge in [0, 0.05) is 12.7 Å². The zero-order chi connectivity index (χ0) is 15.4. The van der Waals surface area contributed by atoms with E-state index in [4.69, 9.17) is 9.72 Å². The van der Waals surface area contributed by atoms with Crippen LogP contribution in [0.25, 0.3) is 0 Å². The number of aromatic nitrogens is 1. The van der Waals surface area contributed by atoms with Crippen LogP contribution in [0.1, 0.15) is 31.0 Å². The molecule has 0 fully saturated rings. The Balaban J connectivity index is 2.47. The number of para-hydroxylation sites is 2. The Bertz CT molecular complexity index is 611. The smallest absolute Gasteiger partial charge is 0.142 e. The molecule has 1 aromatic heterocycles. The summed E-state index contributed by atoms with van der Waals surface area (Å²) in [5.74, 6) is 1.90. The summed E-state index contributed by atoms with van der Waals surface area (Å²) in [6.07, 6.45) is 0. The van der Waals surface area contributed by atoms with Crippen LogP contribution in [-0.2, 0) is 6.61 Å². The number of hydrogen-bond acceptors (Lipinski definition) is 4. The van der Waals surface area contributed by atoms with Crippen molar-refractivity contribution in [1.82, 2.24) is 4.98 Å². The molecule has 0 aliphatic rings. The van der Waals surface area contributed by atoms with Crippen LogP contribution in [0.15, 0.2) is 36.4 Å². The van der Waals surface area contributed by atoms with Crippen molar-refractivity contribution in [3.8, 4) is 5.75 Å². The minimum Gasteiger partial charge on any atom is -0.495 e. The van der Waals surface area contributed by atoms with Gasteiger partial charge in [0.2, 0.25) is 0 Å². The lowest BCUT2D eigenvalue weighted by Gasteiger charge is -2.22. The van der Waals surface area contributed by atoms with Gasteiger partial charge in [-0.05, 0) is 35.7 Å². The van der Waals surface area contributed by atoms with Crippen LogP contribution in [0.5, 0.6) is 5.75 Å². The number of benzene rings is 1. The van der Waals surface area contributed by atoms with Gasteiger partial charge in [0.1, 0.15) is 11.6 Å². The Hall–Kier alpha value is -2.07. The van der Waals surface area contributed by atoms with E-state index >= 15 is 0 Å². The molecule has 1 N–H and O–H groups in total. The Kier molecular flexibility index (Phi) is 4.81. The maximum absolute atomic E-state index is 9.45. The molecule has 1 aromatic carbocycles. The lowest BCUT2D eigenvalue weighted by molar-refractivity contribution is 0.281. The van der Waals surface area contributed by atoms with E-state index in [1.807, 2.05) is 48.3 Å². The van der Waals surface area contributed by atoms with E-state index in [1.54, 1.807) is 7.11 Å². The van der Waals surface area contributed by atoms with Crippen molar-refractivity contribution in [1.29, 1.82) is 0 Å². The standard InChI is InChI=1S/C17H22N2O2/c1-12(2)14-9-13(11-20)10-17(18-14)19(3)15-7-5-6-8-16(15)21-4/h5-10,12,20H,11H2,1-4H3. The van der Waals surface area contributed by atoms with Gasteiger partial charge in [0.05, 0.1) is 19.4 Å². The molecular formula is C17H22N2O2. The minimum absolute atomic E-state index is 0.00893. The second-order valence-electron chi connectivity index (χ2n) is 5.30. The molecule has 0 spiro atoms. The maximum Gasteiger partial charge on any atom is 0.142 e. The highest BCUT2D eigenvalue weighted by atomic mass is 16.5. The summed E-state index contributed by atoms with van der Waals surface area (Å²) >= 11 is 0. The van der Waals surface area contributed by atoms with Gasteiger partial charge >= 0.3 is 0 Å². The zero-order valence-corrected chi connectivity index (χ0v) is 13.0. The largest absolute Gasteiger partial charge is 0.495 e. The molecule has 0 radical (unpaired) electrons. The summed E-state index contributed by atoms with van der Waals surface area (Å²) < 4.78 is 5.40. The predicted octanol–water partition coefficient (Wildman–Crippen LogP) is 3.47. The van der Waals surface area contributed by atoms with Crippen molar-refractivity contribution in [3.63, 3.8) is 0 Å². The molecule has 0 unspecified atom stereocenters. The molecule has 0 atom stereocenters. The molecule has 0 bridgehead atoms. The van der Waals surface area contributed by atoms with E-state index < -0.39 is 0 Å². The summed E-state index contributed by atoms with van der Waals surface area (Å²) in [6, 6.07) is 11.7. The zero-order valence-electron chi connectivity index (χ0n) is 13.0. The molecule has 0 amide bonds. The van der Waals surface area contributed by atoms with Crippen LogP contribution in [0.3, 0.4) is 0 Å². The van der Waals surface area contributed by atoms with E-state index in [0.717, 1.165) is 28.5 Å². The number of aliphatic hydroxyl groups is 1. The summed E-state index contributed by atoms with van der Waals surface area (Å²) in [5.41, 5.74) is 2.78. The third kappa shape index (κ3) is 3.34. The van der Waals surface area contributed by atoms with Crippen LogP contribution in [-0.4, -0.2) is 24.2 Å². The van der Waals surface area contributed by atoms with E-state index in [0.29, 0.717) is 5.92 Å². The van der Waals surface area contributed by atoms with Crippen molar-refractivity contribution in [3.05, 3.63) is 47.7 Å². The Morgan fingerprint density at radius 2 is 1.95 bits per heavy atom. The van der Waals surface area contributed by atoms with Crippen molar-refractivity contribution >= 4 is 11.5 Å². The van der Waals surface area contributed by atoms with Crippen LogP contribution >= 0.6 is 0 Å². The number of anilines is 2. The van der Waals surface area contributed by atoms with Gasteiger partial charge in [-0.1, -0.05) is 26.0 Å². The first-order chi connectivity index (χ1) is 10.1. The highest BCUT2D eigenvalue weighted by Crippen LogP contribution is 2.32. The van der Waals surface area contributed by atoms with Crippen molar-refractivity contribution in [2.75, 3.05) is 19.1 Å². The van der Waals surface area contributed by atoms with Crippen LogP contribution in [0.4, 0.5) is 11.5 Å². The lowest BCUT2D eigenvalue weighted by atomic mass is 10.1. The minimum atomic E-state index is 0.00893. The van der Waals surface area contributed by atoms with E-state index in [9.17, 15) is 5.11 Å². The molecular weight excluding hydrogens is 264 g/mol. The van der Waals surface area contributed by atoms with E-state index in [-0.39, 0.29) is 6.61 Å². The van der Waals surface area contributed by atoms with Crippen molar-refractivity contribution in [2.24, 2.45) is 0 Å². The number of aliphatic hydroxyl groups excluding tert-OH is 1. The molecule has 0 aliphatic carbocycles. The monoisotopic (exact) mass is 286 g/mol. The fourth-order valence-corrected chi connectivity index (χ4v) is 2.18. The van der Waals surface area contributed by atoms with Gasteiger partial charge in [-0.2, -0.15) is 0 Å². The number of nitrogens with zero attached hydrogens (tertiary/aromatic N) is 2. The SMILES string of the molecule is COc1ccccc1N(C)c1cc(CO)cc(C(C)C)n1. The van der Waals surface area contributed by atoms with Gasteiger partial charge in [0.15, 0.2) is 0 Å². The quantitative estimate of drug-likeness (QED) is 0.914. The average Bonchev–Trinajstić information content (AvgIpc) is 2.53. The third-order valence-electron chi connectivity index (χ3n) is 3.46. The van der Waals surface area contributed by atoms with Gasteiger partial charge in [-0.15, -0.1) is 0 Å². The first-order valence-electron chi connectivity index (χ1n) is 7.05. The van der Waals surface area contributed by atoms with Gasteiger partial charge < -0.3 is 14.7 Å². The molecule has 4 nitrogen and oxygen atoms in total. The summed E-state index contributed by atoms with van der Waals surface area (Å²) in [4.78, 5) is 6.67. The molecule has 21 heavy (non-hydrogen) atoms. The molecule has 1 heterocycles. The van der Waals surface area contributed by atoms with Crippen LogP contribution in [0.2, 0.25) is 0 Å². The highest BCUT2D eigenvalue weighted by Gasteiger charge is 2.13. The molecule has 2 aromatic rings. The van der Waals surface area contributed by atoms with E-state index in [2.05, 4.69) is 13.8 Å². The normalized spacial score (nSPS) is 10.8. The summed E-state index contributed by atoms with van der Waals surface area (Å²) in [6.45, 7) is 4.20. The molecule has 0 saturated carbocycles. The fourth-order valence-electron chi connectivity index (χ4n) is 2.18. The first kappa shape index (κ1) is 15.3. The first-order valence-corrected chi connectivity index (χ1v) is 7.05. The molecule has 0 aliphatic heterocycles.